The summed E-state index contributed by atoms with van der Waals surface area (Å²) in [5, 5.41) is 11.5. The van der Waals surface area contributed by atoms with Gasteiger partial charge in [0.2, 0.25) is 5.91 Å². The molecule has 1 fully saturated rings. The van der Waals surface area contributed by atoms with Gasteiger partial charge in [-0.25, -0.2) is 4.79 Å². The molecule has 106 valence electrons. The van der Waals surface area contributed by atoms with Gasteiger partial charge in [0.25, 0.3) is 0 Å². The molecule has 0 spiro atoms. The highest BCUT2D eigenvalue weighted by molar-refractivity contribution is 9.10. The lowest BCUT2D eigenvalue weighted by atomic mass is 10.1. The van der Waals surface area contributed by atoms with Crippen LogP contribution in [0.25, 0.3) is 6.08 Å². The standard InChI is InChI=1S/C14H15BrN2O3/c1-9-14(20)16-6-7-17(9)11-4-2-10(12(15)8-11)3-5-13(18)19/h2-5,8-9H,6-7H2,1H3,(H,16,20)(H,18,19)/b5-3+. The summed E-state index contributed by atoms with van der Waals surface area (Å²) < 4.78 is 0.797. The molecule has 1 heterocycles. The summed E-state index contributed by atoms with van der Waals surface area (Å²) >= 11 is 3.43. The highest BCUT2D eigenvalue weighted by Crippen LogP contribution is 2.27. The van der Waals surface area contributed by atoms with Crippen LogP contribution in [0.4, 0.5) is 5.69 Å². The van der Waals surface area contributed by atoms with Gasteiger partial charge in [-0.05, 0) is 30.7 Å². The maximum absolute atomic E-state index is 11.7. The Labute approximate surface area is 125 Å². The van der Waals surface area contributed by atoms with Crippen molar-refractivity contribution in [2.24, 2.45) is 0 Å². The van der Waals surface area contributed by atoms with Gasteiger partial charge in [0.05, 0.1) is 0 Å². The van der Waals surface area contributed by atoms with Gasteiger partial charge in [0.1, 0.15) is 6.04 Å². The minimum Gasteiger partial charge on any atom is -0.478 e. The molecule has 1 atom stereocenters. The number of aliphatic carboxylic acids is 1. The van der Waals surface area contributed by atoms with Gasteiger partial charge in [-0.15, -0.1) is 0 Å². The molecule has 0 bridgehead atoms. The van der Waals surface area contributed by atoms with Crippen molar-refractivity contribution < 1.29 is 14.7 Å². The number of hydrogen-bond acceptors (Lipinski definition) is 3. The molecule has 1 aromatic carbocycles. The fourth-order valence-corrected chi connectivity index (χ4v) is 2.62. The molecule has 1 aliphatic heterocycles. The predicted molar refractivity (Wildman–Crippen MR) is 80.6 cm³/mol. The highest BCUT2D eigenvalue weighted by atomic mass is 79.9. The third kappa shape index (κ3) is 3.19. The molecular weight excluding hydrogens is 324 g/mol. The number of piperazine rings is 1. The Bertz CT molecular complexity index is 572. The molecule has 0 aliphatic carbocycles. The molecule has 6 heteroatoms. The zero-order chi connectivity index (χ0) is 14.7. The molecule has 1 aromatic rings. The van der Waals surface area contributed by atoms with E-state index in [4.69, 9.17) is 5.11 Å². The average Bonchev–Trinajstić information content (AvgIpc) is 2.40. The lowest BCUT2D eigenvalue weighted by Gasteiger charge is -2.34. The molecule has 0 radical (unpaired) electrons. The quantitative estimate of drug-likeness (QED) is 0.825. The summed E-state index contributed by atoms with van der Waals surface area (Å²) in [6, 6.07) is 5.41. The number of nitrogens with one attached hydrogen (secondary N) is 1. The van der Waals surface area contributed by atoms with Crippen LogP contribution in [0, 0.1) is 0 Å². The number of benzene rings is 1. The Morgan fingerprint density at radius 3 is 2.95 bits per heavy atom. The molecule has 2 N–H and O–H groups in total. The second-order valence-corrected chi connectivity index (χ2v) is 5.39. The Morgan fingerprint density at radius 2 is 2.30 bits per heavy atom. The van der Waals surface area contributed by atoms with E-state index in [2.05, 4.69) is 21.2 Å². The van der Waals surface area contributed by atoms with Crippen molar-refractivity contribution in [3.8, 4) is 0 Å². The monoisotopic (exact) mass is 338 g/mol. The summed E-state index contributed by atoms with van der Waals surface area (Å²) in [6.07, 6.45) is 2.62. The molecule has 0 saturated carbocycles. The largest absolute Gasteiger partial charge is 0.478 e. The van der Waals surface area contributed by atoms with E-state index in [1.165, 1.54) is 6.08 Å². The summed E-state index contributed by atoms with van der Waals surface area (Å²) in [4.78, 5) is 24.2. The summed E-state index contributed by atoms with van der Waals surface area (Å²) in [5.41, 5.74) is 1.72. The Kier molecular flexibility index (Phi) is 4.44. The maximum atomic E-state index is 11.7. The number of carbonyl (C=O) groups is 2. The van der Waals surface area contributed by atoms with Crippen LogP contribution in [0.2, 0.25) is 0 Å². The first-order valence-corrected chi connectivity index (χ1v) is 7.03. The van der Waals surface area contributed by atoms with E-state index in [9.17, 15) is 9.59 Å². The first-order valence-electron chi connectivity index (χ1n) is 6.24. The van der Waals surface area contributed by atoms with E-state index < -0.39 is 5.97 Å². The number of halogens is 1. The van der Waals surface area contributed by atoms with E-state index in [-0.39, 0.29) is 11.9 Å². The Balaban J connectivity index is 2.24. The molecule has 5 nitrogen and oxygen atoms in total. The van der Waals surface area contributed by atoms with Gasteiger partial charge < -0.3 is 15.3 Å². The minimum atomic E-state index is -0.984. The third-order valence-electron chi connectivity index (χ3n) is 3.22. The lowest BCUT2D eigenvalue weighted by molar-refractivity contribution is -0.131. The van der Waals surface area contributed by atoms with Crippen LogP contribution in [-0.4, -0.2) is 36.1 Å². The molecule has 1 unspecified atom stereocenters. The first kappa shape index (κ1) is 14.6. The van der Waals surface area contributed by atoms with Crippen molar-refractivity contribution in [1.29, 1.82) is 0 Å². The molecule has 1 amide bonds. The number of amides is 1. The zero-order valence-electron chi connectivity index (χ0n) is 11.0. The fraction of sp³-hybridized carbons (Fsp3) is 0.286. The number of anilines is 1. The van der Waals surface area contributed by atoms with Gasteiger partial charge in [0, 0.05) is 29.3 Å². The van der Waals surface area contributed by atoms with Gasteiger partial charge in [-0.2, -0.15) is 0 Å². The van der Waals surface area contributed by atoms with Crippen LogP contribution in [0.5, 0.6) is 0 Å². The summed E-state index contributed by atoms with van der Waals surface area (Å²) in [7, 11) is 0. The number of nitrogens with zero attached hydrogens (tertiary/aromatic N) is 1. The molecule has 1 aliphatic rings. The second-order valence-electron chi connectivity index (χ2n) is 4.54. The van der Waals surface area contributed by atoms with E-state index in [0.29, 0.717) is 6.54 Å². The molecular formula is C14H15BrN2O3. The highest BCUT2D eigenvalue weighted by Gasteiger charge is 2.25. The average molecular weight is 339 g/mol. The van der Waals surface area contributed by atoms with Crippen LogP contribution in [-0.2, 0) is 9.59 Å². The number of carboxylic acid groups (broad SMARTS) is 1. The molecule has 0 aromatic heterocycles. The Morgan fingerprint density at radius 1 is 1.55 bits per heavy atom. The van der Waals surface area contributed by atoms with Crippen LogP contribution in [0.15, 0.2) is 28.7 Å². The van der Waals surface area contributed by atoms with Gasteiger partial charge >= 0.3 is 5.97 Å². The summed E-state index contributed by atoms with van der Waals surface area (Å²) in [6.45, 7) is 3.24. The van der Waals surface area contributed by atoms with Crippen molar-refractivity contribution in [2.45, 2.75) is 13.0 Å². The van der Waals surface area contributed by atoms with Crippen molar-refractivity contribution in [3.63, 3.8) is 0 Å². The second kappa shape index (κ2) is 6.09. The van der Waals surface area contributed by atoms with Crippen LogP contribution in [0.1, 0.15) is 12.5 Å². The number of carbonyl (C=O) groups excluding carboxylic acids is 1. The molecule has 20 heavy (non-hydrogen) atoms. The SMILES string of the molecule is CC1C(=O)NCCN1c1ccc(/C=C/C(=O)O)c(Br)c1. The van der Waals surface area contributed by atoms with Crippen molar-refractivity contribution >= 4 is 39.6 Å². The smallest absolute Gasteiger partial charge is 0.328 e. The minimum absolute atomic E-state index is 0.0159. The molecule has 1 saturated heterocycles. The maximum Gasteiger partial charge on any atom is 0.328 e. The van der Waals surface area contributed by atoms with Crippen LogP contribution >= 0.6 is 15.9 Å². The van der Waals surface area contributed by atoms with Gasteiger partial charge in [0.15, 0.2) is 0 Å². The van der Waals surface area contributed by atoms with Crippen LogP contribution in [0.3, 0.4) is 0 Å². The summed E-state index contributed by atoms with van der Waals surface area (Å²) in [5.74, 6) is -0.968. The van der Waals surface area contributed by atoms with Gasteiger partial charge in [-0.3, -0.25) is 4.79 Å². The lowest BCUT2D eigenvalue weighted by Crippen LogP contribution is -2.54. The number of carboxylic acids is 1. The fourth-order valence-electron chi connectivity index (χ4n) is 2.13. The van der Waals surface area contributed by atoms with E-state index in [0.717, 1.165) is 28.3 Å². The predicted octanol–water partition coefficient (Wildman–Crippen LogP) is 1.87. The number of hydrogen-bond donors (Lipinski definition) is 2. The third-order valence-corrected chi connectivity index (χ3v) is 3.91. The normalized spacial score (nSPS) is 19.2. The number of rotatable bonds is 3. The topological polar surface area (TPSA) is 69.6 Å². The van der Waals surface area contributed by atoms with Crippen LogP contribution < -0.4 is 10.2 Å². The molecule has 2 rings (SSSR count). The van der Waals surface area contributed by atoms with E-state index in [1.807, 2.05) is 30.0 Å². The van der Waals surface area contributed by atoms with Crippen molar-refractivity contribution in [2.75, 3.05) is 18.0 Å². The van der Waals surface area contributed by atoms with Crippen molar-refractivity contribution in [3.05, 3.63) is 34.3 Å². The first-order chi connectivity index (χ1) is 9.49. The van der Waals surface area contributed by atoms with E-state index in [1.54, 1.807) is 0 Å². The van der Waals surface area contributed by atoms with Gasteiger partial charge in [-0.1, -0.05) is 22.0 Å². The zero-order valence-corrected chi connectivity index (χ0v) is 12.6. The Hall–Kier alpha value is -1.82. The van der Waals surface area contributed by atoms with Crippen molar-refractivity contribution in [1.82, 2.24) is 5.32 Å². The van der Waals surface area contributed by atoms with E-state index >= 15 is 0 Å².